The molecule has 0 aliphatic carbocycles. The molecule has 1 saturated heterocycles. The summed E-state index contributed by atoms with van der Waals surface area (Å²) in [4.78, 5) is 14.4. The summed E-state index contributed by atoms with van der Waals surface area (Å²) in [6, 6.07) is 12.0. The highest BCUT2D eigenvalue weighted by atomic mass is 16.6. The maximum absolute atomic E-state index is 12.6. The molecule has 134 valence electrons. The lowest BCUT2D eigenvalue weighted by molar-refractivity contribution is 0.0109. The van der Waals surface area contributed by atoms with Crippen LogP contribution in [0.3, 0.4) is 0 Å². The lowest BCUT2D eigenvalue weighted by Crippen LogP contribution is -2.50. The highest BCUT2D eigenvalue weighted by Crippen LogP contribution is 2.28. The van der Waals surface area contributed by atoms with Crippen molar-refractivity contribution in [1.29, 1.82) is 0 Å². The molecule has 6 nitrogen and oxygen atoms in total. The Labute approximate surface area is 148 Å². The quantitative estimate of drug-likeness (QED) is 0.911. The predicted molar refractivity (Wildman–Crippen MR) is 97.2 cm³/mol. The second-order valence-corrected chi connectivity index (χ2v) is 7.34. The number of rotatable bonds is 2. The maximum Gasteiger partial charge on any atom is 0.410 e. The van der Waals surface area contributed by atoms with Crippen LogP contribution in [0.4, 0.5) is 4.79 Å². The van der Waals surface area contributed by atoms with E-state index in [-0.39, 0.29) is 12.1 Å². The van der Waals surface area contributed by atoms with E-state index in [4.69, 9.17) is 4.74 Å². The molecule has 1 atom stereocenters. The van der Waals surface area contributed by atoms with Crippen LogP contribution in [0.1, 0.15) is 32.5 Å². The molecule has 1 N–H and O–H groups in total. The molecule has 1 aromatic heterocycles. The van der Waals surface area contributed by atoms with E-state index in [1.54, 1.807) is 4.90 Å². The third-order valence-corrected chi connectivity index (χ3v) is 4.20. The van der Waals surface area contributed by atoms with Gasteiger partial charge in [0.05, 0.1) is 17.4 Å². The predicted octanol–water partition coefficient (Wildman–Crippen LogP) is 2.97. The standard InChI is InChI=1S/C19H26N4O2/c1-19(2,3)25-18(24)23-11-10-20-13-17(23)16-12-15(21-22(16)4)14-8-6-5-7-9-14/h5-9,12,17,20H,10-11,13H2,1-4H3. The Hall–Kier alpha value is -2.34. The van der Waals surface area contributed by atoms with Crippen molar-refractivity contribution in [3.05, 3.63) is 42.1 Å². The van der Waals surface area contributed by atoms with E-state index in [9.17, 15) is 4.79 Å². The molecule has 3 rings (SSSR count). The molecule has 0 saturated carbocycles. The topological polar surface area (TPSA) is 59.4 Å². The van der Waals surface area contributed by atoms with Gasteiger partial charge in [-0.25, -0.2) is 4.79 Å². The van der Waals surface area contributed by atoms with Gasteiger partial charge in [0, 0.05) is 32.2 Å². The van der Waals surface area contributed by atoms with Gasteiger partial charge in [-0.15, -0.1) is 0 Å². The van der Waals surface area contributed by atoms with Gasteiger partial charge in [-0.05, 0) is 26.8 Å². The van der Waals surface area contributed by atoms with E-state index in [0.29, 0.717) is 13.1 Å². The zero-order valence-corrected chi connectivity index (χ0v) is 15.3. The second-order valence-electron chi connectivity index (χ2n) is 7.34. The van der Waals surface area contributed by atoms with Crippen LogP contribution in [-0.2, 0) is 11.8 Å². The Kier molecular flexibility index (Phi) is 4.81. The minimum atomic E-state index is -0.506. The molecule has 0 spiro atoms. The van der Waals surface area contributed by atoms with Crippen LogP contribution in [0, 0.1) is 0 Å². The van der Waals surface area contributed by atoms with Crippen LogP contribution in [0.2, 0.25) is 0 Å². The second kappa shape index (κ2) is 6.88. The fraction of sp³-hybridized carbons (Fsp3) is 0.474. The fourth-order valence-electron chi connectivity index (χ4n) is 3.05. The fourth-order valence-corrected chi connectivity index (χ4v) is 3.05. The maximum atomic E-state index is 12.6. The van der Waals surface area contributed by atoms with Gasteiger partial charge in [0.1, 0.15) is 5.60 Å². The monoisotopic (exact) mass is 342 g/mol. The lowest BCUT2D eigenvalue weighted by atomic mass is 10.1. The van der Waals surface area contributed by atoms with Gasteiger partial charge in [-0.3, -0.25) is 9.58 Å². The number of hydrogen-bond donors (Lipinski definition) is 1. The van der Waals surface area contributed by atoms with Crippen LogP contribution >= 0.6 is 0 Å². The normalized spacial score (nSPS) is 18.2. The lowest BCUT2D eigenvalue weighted by Gasteiger charge is -2.37. The Morgan fingerprint density at radius 1 is 1.28 bits per heavy atom. The molecule has 1 aromatic carbocycles. The molecule has 2 aromatic rings. The largest absolute Gasteiger partial charge is 0.444 e. The number of amides is 1. The average Bonchev–Trinajstić information content (AvgIpc) is 2.96. The van der Waals surface area contributed by atoms with E-state index in [1.807, 2.05) is 62.8 Å². The highest BCUT2D eigenvalue weighted by molar-refractivity contribution is 5.69. The van der Waals surface area contributed by atoms with Crippen molar-refractivity contribution in [2.75, 3.05) is 19.6 Å². The summed E-state index contributed by atoms with van der Waals surface area (Å²) in [6.07, 6.45) is -0.276. The molecular formula is C19H26N4O2. The number of piperazine rings is 1. The first-order valence-electron chi connectivity index (χ1n) is 8.65. The van der Waals surface area contributed by atoms with Crippen molar-refractivity contribution in [2.24, 2.45) is 7.05 Å². The van der Waals surface area contributed by atoms with E-state index >= 15 is 0 Å². The average molecular weight is 342 g/mol. The van der Waals surface area contributed by atoms with E-state index in [2.05, 4.69) is 16.5 Å². The number of nitrogens with one attached hydrogen (secondary N) is 1. The minimum Gasteiger partial charge on any atom is -0.444 e. The van der Waals surface area contributed by atoms with Crippen molar-refractivity contribution < 1.29 is 9.53 Å². The van der Waals surface area contributed by atoms with Crippen LogP contribution in [-0.4, -0.2) is 46.0 Å². The molecule has 1 aliphatic heterocycles. The number of carbonyl (C=O) groups excluding carboxylic acids is 1. The summed E-state index contributed by atoms with van der Waals surface area (Å²) in [5, 5.41) is 8.00. The number of carbonyl (C=O) groups is 1. The summed E-state index contributed by atoms with van der Waals surface area (Å²) in [7, 11) is 1.92. The third kappa shape index (κ3) is 4.02. The number of benzene rings is 1. The number of aromatic nitrogens is 2. The van der Waals surface area contributed by atoms with Gasteiger partial charge in [-0.1, -0.05) is 30.3 Å². The Balaban J connectivity index is 1.88. The van der Waals surface area contributed by atoms with E-state index < -0.39 is 5.60 Å². The first kappa shape index (κ1) is 17.5. The van der Waals surface area contributed by atoms with Gasteiger partial charge in [-0.2, -0.15) is 5.10 Å². The van der Waals surface area contributed by atoms with Crippen molar-refractivity contribution in [3.63, 3.8) is 0 Å². The molecule has 1 fully saturated rings. The molecule has 1 unspecified atom stereocenters. The summed E-state index contributed by atoms with van der Waals surface area (Å²) in [5.41, 5.74) is 2.47. The van der Waals surface area contributed by atoms with Gasteiger partial charge in [0.2, 0.25) is 0 Å². The molecule has 0 bridgehead atoms. The molecule has 2 heterocycles. The third-order valence-electron chi connectivity index (χ3n) is 4.20. The molecule has 0 radical (unpaired) electrons. The summed E-state index contributed by atoms with van der Waals surface area (Å²) >= 11 is 0. The van der Waals surface area contributed by atoms with Crippen LogP contribution in [0.5, 0.6) is 0 Å². The van der Waals surface area contributed by atoms with Crippen molar-refractivity contribution in [1.82, 2.24) is 20.0 Å². The van der Waals surface area contributed by atoms with Gasteiger partial charge in [0.15, 0.2) is 0 Å². The Morgan fingerprint density at radius 3 is 2.68 bits per heavy atom. The van der Waals surface area contributed by atoms with E-state index in [1.165, 1.54) is 0 Å². The van der Waals surface area contributed by atoms with Crippen molar-refractivity contribution in [2.45, 2.75) is 32.4 Å². The molecule has 6 heteroatoms. The van der Waals surface area contributed by atoms with Crippen molar-refractivity contribution >= 4 is 6.09 Å². The summed E-state index contributed by atoms with van der Waals surface area (Å²) in [6.45, 7) is 7.73. The molecule has 1 amide bonds. The highest BCUT2D eigenvalue weighted by Gasteiger charge is 2.33. The minimum absolute atomic E-state index is 0.0986. The van der Waals surface area contributed by atoms with Crippen LogP contribution in [0.25, 0.3) is 11.3 Å². The van der Waals surface area contributed by atoms with Crippen LogP contribution < -0.4 is 5.32 Å². The van der Waals surface area contributed by atoms with Gasteiger partial charge >= 0.3 is 6.09 Å². The number of hydrogen-bond acceptors (Lipinski definition) is 4. The first-order valence-corrected chi connectivity index (χ1v) is 8.65. The zero-order valence-electron chi connectivity index (χ0n) is 15.3. The Morgan fingerprint density at radius 2 is 2.00 bits per heavy atom. The number of aryl methyl sites for hydroxylation is 1. The first-order chi connectivity index (χ1) is 11.8. The smallest absolute Gasteiger partial charge is 0.410 e. The van der Waals surface area contributed by atoms with Gasteiger partial charge < -0.3 is 10.1 Å². The Bertz CT molecular complexity index is 734. The molecular weight excluding hydrogens is 316 g/mol. The van der Waals surface area contributed by atoms with Crippen molar-refractivity contribution in [3.8, 4) is 11.3 Å². The van der Waals surface area contributed by atoms with Crippen LogP contribution in [0.15, 0.2) is 36.4 Å². The number of nitrogens with zero attached hydrogens (tertiary/aromatic N) is 3. The zero-order chi connectivity index (χ0) is 18.0. The van der Waals surface area contributed by atoms with Gasteiger partial charge in [0.25, 0.3) is 0 Å². The summed E-state index contributed by atoms with van der Waals surface area (Å²) < 4.78 is 7.45. The summed E-state index contributed by atoms with van der Waals surface area (Å²) in [5.74, 6) is 0. The molecule has 1 aliphatic rings. The van der Waals surface area contributed by atoms with E-state index in [0.717, 1.165) is 23.5 Å². The molecule has 25 heavy (non-hydrogen) atoms. The number of ether oxygens (including phenoxy) is 1. The SMILES string of the molecule is Cn1nc(-c2ccccc2)cc1C1CNCCN1C(=O)OC(C)(C)C.